The monoisotopic (exact) mass is 230 g/mol. The van der Waals surface area contributed by atoms with Crippen molar-refractivity contribution in [3.63, 3.8) is 0 Å². The lowest BCUT2D eigenvalue weighted by Gasteiger charge is -2.21. The molecule has 5 heteroatoms. The van der Waals surface area contributed by atoms with Crippen molar-refractivity contribution in [1.82, 2.24) is 10.6 Å². The van der Waals surface area contributed by atoms with Crippen LogP contribution in [-0.2, 0) is 4.79 Å². The molecule has 1 atom stereocenters. The van der Waals surface area contributed by atoms with Crippen molar-refractivity contribution >= 4 is 12.0 Å². The summed E-state index contributed by atoms with van der Waals surface area (Å²) in [6, 6.07) is -1.15. The van der Waals surface area contributed by atoms with Crippen molar-refractivity contribution in [2.45, 2.75) is 52.6 Å². The van der Waals surface area contributed by atoms with E-state index in [1.54, 1.807) is 13.8 Å². The van der Waals surface area contributed by atoms with Crippen molar-refractivity contribution < 1.29 is 14.7 Å². The zero-order valence-corrected chi connectivity index (χ0v) is 10.4. The quantitative estimate of drug-likeness (QED) is 0.648. The Bertz CT molecular complexity index is 237. The molecule has 0 aliphatic rings. The molecule has 16 heavy (non-hydrogen) atoms. The van der Waals surface area contributed by atoms with Gasteiger partial charge in [-0.25, -0.2) is 9.59 Å². The molecule has 0 heterocycles. The van der Waals surface area contributed by atoms with Crippen LogP contribution in [0.15, 0.2) is 0 Å². The molecule has 3 N–H and O–H groups in total. The number of hydrogen-bond acceptors (Lipinski definition) is 2. The second kappa shape index (κ2) is 7.09. The molecule has 0 radical (unpaired) electrons. The largest absolute Gasteiger partial charge is 0.480 e. The molecule has 0 rings (SSSR count). The number of carboxylic acid groups (broad SMARTS) is 1. The number of carbonyl (C=O) groups excluding carboxylic acids is 1. The highest BCUT2D eigenvalue weighted by Crippen LogP contribution is 2.02. The molecule has 0 spiro atoms. The number of nitrogens with one attached hydrogen (secondary N) is 2. The van der Waals surface area contributed by atoms with Gasteiger partial charge in [-0.05, 0) is 18.8 Å². The molecule has 0 saturated heterocycles. The molecule has 0 bridgehead atoms. The average molecular weight is 230 g/mol. The lowest BCUT2D eigenvalue weighted by atomic mass is 10.1. The van der Waals surface area contributed by atoms with E-state index in [0.29, 0.717) is 0 Å². The van der Waals surface area contributed by atoms with Gasteiger partial charge in [-0.2, -0.15) is 0 Å². The van der Waals surface area contributed by atoms with Crippen LogP contribution in [-0.4, -0.2) is 29.2 Å². The molecule has 0 saturated carbocycles. The van der Waals surface area contributed by atoms with Crippen molar-refractivity contribution in [3.8, 4) is 0 Å². The Balaban J connectivity index is 4.25. The summed E-state index contributed by atoms with van der Waals surface area (Å²) in [5, 5.41) is 14.1. The number of carbonyl (C=O) groups is 2. The van der Waals surface area contributed by atoms with Gasteiger partial charge in [0.15, 0.2) is 0 Å². The molecule has 0 fully saturated rings. The summed E-state index contributed by atoms with van der Waals surface area (Å²) in [5.41, 5.74) is 0. The molecule has 94 valence electrons. The zero-order chi connectivity index (χ0) is 12.7. The van der Waals surface area contributed by atoms with Gasteiger partial charge in [0.2, 0.25) is 0 Å². The van der Waals surface area contributed by atoms with Gasteiger partial charge in [0.05, 0.1) is 0 Å². The third kappa shape index (κ3) is 5.00. The highest BCUT2D eigenvalue weighted by molar-refractivity contribution is 5.82. The van der Waals surface area contributed by atoms with E-state index >= 15 is 0 Å². The predicted octanol–water partition coefficient (Wildman–Crippen LogP) is 1.58. The van der Waals surface area contributed by atoms with Gasteiger partial charge in [-0.3, -0.25) is 0 Å². The minimum absolute atomic E-state index is 0.0987. The van der Waals surface area contributed by atoms with Gasteiger partial charge in [0.1, 0.15) is 6.04 Å². The van der Waals surface area contributed by atoms with Crippen molar-refractivity contribution in [2.24, 2.45) is 5.92 Å². The maximum atomic E-state index is 11.5. The fourth-order valence-electron chi connectivity index (χ4n) is 1.37. The Morgan fingerprint density at radius 2 is 1.62 bits per heavy atom. The van der Waals surface area contributed by atoms with E-state index in [0.717, 1.165) is 12.8 Å². The van der Waals surface area contributed by atoms with E-state index in [1.807, 2.05) is 13.8 Å². The van der Waals surface area contributed by atoms with Crippen LogP contribution < -0.4 is 10.6 Å². The maximum Gasteiger partial charge on any atom is 0.326 e. The average Bonchev–Trinajstić information content (AvgIpc) is 2.21. The molecule has 0 aromatic carbocycles. The first-order chi connectivity index (χ1) is 7.42. The molecule has 0 unspecified atom stereocenters. The maximum absolute atomic E-state index is 11.5. The lowest BCUT2D eigenvalue weighted by Crippen LogP contribution is -2.50. The van der Waals surface area contributed by atoms with Crippen LogP contribution in [0.2, 0.25) is 0 Å². The fourth-order valence-corrected chi connectivity index (χ4v) is 1.37. The van der Waals surface area contributed by atoms with Crippen LogP contribution in [0.1, 0.15) is 40.5 Å². The summed E-state index contributed by atoms with van der Waals surface area (Å²) >= 11 is 0. The highest BCUT2D eigenvalue weighted by Gasteiger charge is 2.23. The molecule has 5 nitrogen and oxygen atoms in total. The smallest absolute Gasteiger partial charge is 0.326 e. The van der Waals surface area contributed by atoms with Gasteiger partial charge in [0.25, 0.3) is 0 Å². The third-order valence-corrected chi connectivity index (χ3v) is 2.54. The van der Waals surface area contributed by atoms with E-state index in [1.165, 1.54) is 0 Å². The summed E-state index contributed by atoms with van der Waals surface area (Å²) in [6.07, 6.45) is 1.67. The molecule has 2 amide bonds. The summed E-state index contributed by atoms with van der Waals surface area (Å²) in [5.74, 6) is -1.14. The van der Waals surface area contributed by atoms with Crippen molar-refractivity contribution in [2.75, 3.05) is 0 Å². The van der Waals surface area contributed by atoms with E-state index < -0.39 is 18.0 Å². The number of aliphatic carboxylic acids is 1. The molecule has 0 aromatic heterocycles. The Labute approximate surface area is 96.6 Å². The van der Waals surface area contributed by atoms with E-state index in [2.05, 4.69) is 10.6 Å². The summed E-state index contributed by atoms with van der Waals surface area (Å²) in [6.45, 7) is 7.48. The fraction of sp³-hybridized carbons (Fsp3) is 0.818. The molecule has 0 aromatic rings. The minimum Gasteiger partial charge on any atom is -0.480 e. The highest BCUT2D eigenvalue weighted by atomic mass is 16.4. The van der Waals surface area contributed by atoms with Gasteiger partial charge >= 0.3 is 12.0 Å². The van der Waals surface area contributed by atoms with Crippen LogP contribution in [0.3, 0.4) is 0 Å². The Kier molecular flexibility index (Phi) is 6.53. The number of carboxylic acids is 1. The predicted molar refractivity (Wildman–Crippen MR) is 62.3 cm³/mol. The SMILES string of the molecule is CCC(CC)NC(=O)N[C@@H](C(=O)O)C(C)C. The number of amides is 2. The summed E-state index contributed by atoms with van der Waals surface area (Å²) in [4.78, 5) is 22.4. The van der Waals surface area contributed by atoms with E-state index in [-0.39, 0.29) is 12.0 Å². The minimum atomic E-state index is -1.00. The van der Waals surface area contributed by atoms with Gasteiger partial charge in [-0.15, -0.1) is 0 Å². The van der Waals surface area contributed by atoms with Crippen LogP contribution >= 0.6 is 0 Å². The molecular formula is C11H22N2O3. The Morgan fingerprint density at radius 1 is 1.12 bits per heavy atom. The first-order valence-electron chi connectivity index (χ1n) is 5.72. The van der Waals surface area contributed by atoms with Crippen molar-refractivity contribution in [1.29, 1.82) is 0 Å². The normalized spacial score (nSPS) is 12.6. The van der Waals surface area contributed by atoms with E-state index in [4.69, 9.17) is 5.11 Å². The number of urea groups is 1. The van der Waals surface area contributed by atoms with Crippen LogP contribution in [0.4, 0.5) is 4.79 Å². The zero-order valence-electron chi connectivity index (χ0n) is 10.4. The molecular weight excluding hydrogens is 208 g/mol. The first kappa shape index (κ1) is 14.7. The van der Waals surface area contributed by atoms with Gasteiger partial charge in [-0.1, -0.05) is 27.7 Å². The Morgan fingerprint density at radius 3 is 1.94 bits per heavy atom. The van der Waals surface area contributed by atoms with Crippen LogP contribution in [0.25, 0.3) is 0 Å². The standard InChI is InChI=1S/C11H22N2O3/c1-5-8(6-2)12-11(16)13-9(7(3)4)10(14)15/h7-9H,5-6H2,1-4H3,(H,14,15)(H2,12,13,16)/t9-/m1/s1. The topological polar surface area (TPSA) is 78.4 Å². The van der Waals surface area contributed by atoms with E-state index in [9.17, 15) is 9.59 Å². The molecule has 0 aliphatic heterocycles. The lowest BCUT2D eigenvalue weighted by molar-refractivity contribution is -0.140. The summed E-state index contributed by atoms with van der Waals surface area (Å²) < 4.78 is 0. The third-order valence-electron chi connectivity index (χ3n) is 2.54. The Hall–Kier alpha value is -1.26. The van der Waals surface area contributed by atoms with Crippen molar-refractivity contribution in [3.05, 3.63) is 0 Å². The number of rotatable bonds is 6. The van der Waals surface area contributed by atoms with Gasteiger partial charge < -0.3 is 15.7 Å². The van der Waals surface area contributed by atoms with Gasteiger partial charge in [0, 0.05) is 6.04 Å². The number of hydrogen-bond donors (Lipinski definition) is 3. The van der Waals surface area contributed by atoms with Crippen LogP contribution in [0.5, 0.6) is 0 Å². The van der Waals surface area contributed by atoms with Crippen LogP contribution in [0, 0.1) is 5.92 Å². The molecule has 0 aliphatic carbocycles. The summed E-state index contributed by atoms with van der Waals surface area (Å²) in [7, 11) is 0. The second-order valence-electron chi connectivity index (χ2n) is 4.19. The second-order valence-corrected chi connectivity index (χ2v) is 4.19. The first-order valence-corrected chi connectivity index (χ1v) is 5.72.